The average molecular weight is 307 g/mol. The van der Waals surface area contributed by atoms with E-state index in [1.54, 1.807) is 6.20 Å². The molecule has 0 rings (SSSR count). The molecule has 2 heteroatoms. The highest BCUT2D eigenvalue weighted by atomic mass is 15.2. The molecule has 0 aliphatic carbocycles. The van der Waals surface area contributed by atoms with Gasteiger partial charge in [-0.15, -0.1) is 0 Å². The Balaban J connectivity index is 4.24. The molecule has 128 valence electrons. The van der Waals surface area contributed by atoms with Crippen molar-refractivity contribution < 1.29 is 0 Å². The van der Waals surface area contributed by atoms with Crippen molar-refractivity contribution in [2.24, 2.45) is 4.99 Å². The van der Waals surface area contributed by atoms with Gasteiger partial charge in [-0.3, -0.25) is 0 Å². The van der Waals surface area contributed by atoms with E-state index in [1.165, 1.54) is 77.0 Å². The van der Waals surface area contributed by atoms with Gasteiger partial charge in [0.15, 0.2) is 0 Å². The first kappa shape index (κ1) is 20.9. The molecule has 0 fully saturated rings. The van der Waals surface area contributed by atoms with Crippen molar-refractivity contribution in [3.63, 3.8) is 0 Å². The lowest BCUT2D eigenvalue weighted by Gasteiger charge is -2.27. The second-order valence-electron chi connectivity index (χ2n) is 6.14. The highest BCUT2D eigenvalue weighted by Crippen LogP contribution is 2.18. The topological polar surface area (TPSA) is 15.6 Å². The van der Waals surface area contributed by atoms with Crippen molar-refractivity contribution >= 4 is 6.34 Å². The predicted molar refractivity (Wildman–Crippen MR) is 101 cm³/mol. The molecule has 0 bridgehead atoms. The standard InChI is InChI=1S/C20H38N2/c1-5-9-11-13-15-17-20(18-16-14-12-10-6-2)22(8-4)19-21-7-3/h7-8,19-20H,3-6,9-18H2,1-2H3. The minimum atomic E-state index is 0.546. The van der Waals surface area contributed by atoms with Gasteiger partial charge in [-0.05, 0) is 19.0 Å². The molecule has 0 aromatic carbocycles. The lowest BCUT2D eigenvalue weighted by Crippen LogP contribution is -2.29. The number of nitrogens with zero attached hydrogens (tertiary/aromatic N) is 2. The van der Waals surface area contributed by atoms with Crippen LogP contribution in [0, 0.1) is 0 Å². The van der Waals surface area contributed by atoms with Crippen LogP contribution in [0.3, 0.4) is 0 Å². The largest absolute Gasteiger partial charge is 0.337 e. The van der Waals surface area contributed by atoms with E-state index in [0.717, 1.165) is 0 Å². The highest BCUT2D eigenvalue weighted by Gasteiger charge is 2.13. The zero-order valence-electron chi connectivity index (χ0n) is 15.1. The quantitative estimate of drug-likeness (QED) is 0.176. The number of hydrogen-bond donors (Lipinski definition) is 0. The Labute approximate surface area is 139 Å². The minimum absolute atomic E-state index is 0.546. The van der Waals surface area contributed by atoms with Crippen molar-refractivity contribution in [2.75, 3.05) is 0 Å². The summed E-state index contributed by atoms with van der Waals surface area (Å²) in [5.74, 6) is 0. The Morgan fingerprint density at radius 2 is 1.32 bits per heavy atom. The van der Waals surface area contributed by atoms with Crippen LogP contribution < -0.4 is 0 Å². The molecule has 0 saturated heterocycles. The third-order valence-corrected chi connectivity index (χ3v) is 4.22. The normalized spacial score (nSPS) is 11.2. The van der Waals surface area contributed by atoms with Gasteiger partial charge in [0.1, 0.15) is 0 Å². The molecule has 22 heavy (non-hydrogen) atoms. The van der Waals surface area contributed by atoms with Crippen LogP contribution in [-0.2, 0) is 0 Å². The summed E-state index contributed by atoms with van der Waals surface area (Å²) in [7, 11) is 0. The first-order valence-corrected chi connectivity index (χ1v) is 9.34. The van der Waals surface area contributed by atoms with Gasteiger partial charge in [-0.25, -0.2) is 4.99 Å². The SMILES string of the molecule is C=CN=CN(C=C)C(CCCCCCC)CCCCCCC. The molecule has 0 saturated carbocycles. The third kappa shape index (κ3) is 11.6. The van der Waals surface area contributed by atoms with Gasteiger partial charge in [-0.1, -0.05) is 91.2 Å². The van der Waals surface area contributed by atoms with Crippen LogP contribution >= 0.6 is 0 Å². The fourth-order valence-corrected chi connectivity index (χ4v) is 2.82. The molecule has 0 radical (unpaired) electrons. The smallest absolute Gasteiger partial charge is 0.0946 e. The third-order valence-electron chi connectivity index (χ3n) is 4.22. The van der Waals surface area contributed by atoms with E-state index in [0.29, 0.717) is 6.04 Å². The summed E-state index contributed by atoms with van der Waals surface area (Å²) in [5, 5.41) is 0. The maximum atomic E-state index is 4.17. The number of rotatable bonds is 16. The molecule has 0 unspecified atom stereocenters. The van der Waals surface area contributed by atoms with Crippen LogP contribution in [0.4, 0.5) is 0 Å². The monoisotopic (exact) mass is 306 g/mol. The summed E-state index contributed by atoms with van der Waals surface area (Å²) in [6.45, 7) is 12.1. The van der Waals surface area contributed by atoms with Crippen molar-refractivity contribution in [3.8, 4) is 0 Å². The van der Waals surface area contributed by atoms with Gasteiger partial charge < -0.3 is 4.90 Å². The number of unbranched alkanes of at least 4 members (excludes halogenated alkanes) is 8. The summed E-state index contributed by atoms with van der Waals surface area (Å²) < 4.78 is 0. The van der Waals surface area contributed by atoms with Gasteiger partial charge in [0, 0.05) is 12.2 Å². The van der Waals surface area contributed by atoms with E-state index < -0.39 is 0 Å². The zero-order chi connectivity index (χ0) is 16.5. The first-order chi connectivity index (χ1) is 10.8. The lowest BCUT2D eigenvalue weighted by molar-refractivity contribution is 0.339. The van der Waals surface area contributed by atoms with Crippen molar-refractivity contribution in [2.45, 2.75) is 96.9 Å². The van der Waals surface area contributed by atoms with Gasteiger partial charge >= 0.3 is 0 Å². The Hall–Kier alpha value is -1.05. The van der Waals surface area contributed by atoms with E-state index in [-0.39, 0.29) is 0 Å². The van der Waals surface area contributed by atoms with E-state index >= 15 is 0 Å². The molecule has 0 amide bonds. The van der Waals surface area contributed by atoms with E-state index in [1.807, 2.05) is 12.5 Å². The second kappa shape index (κ2) is 16.3. The Morgan fingerprint density at radius 3 is 1.73 bits per heavy atom. The van der Waals surface area contributed by atoms with Crippen LogP contribution in [-0.4, -0.2) is 17.3 Å². The molecule has 0 spiro atoms. The predicted octanol–water partition coefficient (Wildman–Crippen LogP) is 6.69. The number of hydrogen-bond acceptors (Lipinski definition) is 1. The van der Waals surface area contributed by atoms with Crippen LogP contribution in [0.2, 0.25) is 0 Å². The summed E-state index contributed by atoms with van der Waals surface area (Å²) in [6.07, 6.45) is 21.3. The van der Waals surface area contributed by atoms with Crippen molar-refractivity contribution in [1.29, 1.82) is 0 Å². The molecular formula is C20H38N2. The minimum Gasteiger partial charge on any atom is -0.337 e. The molecule has 0 aliphatic rings. The van der Waals surface area contributed by atoms with Gasteiger partial charge in [0.2, 0.25) is 0 Å². The Bertz CT molecular complexity index is 269. The van der Waals surface area contributed by atoms with Crippen LogP contribution in [0.1, 0.15) is 90.9 Å². The second-order valence-corrected chi connectivity index (χ2v) is 6.14. The molecular weight excluding hydrogens is 268 g/mol. The summed E-state index contributed by atoms with van der Waals surface area (Å²) in [5.41, 5.74) is 0. The van der Waals surface area contributed by atoms with E-state index in [9.17, 15) is 0 Å². The maximum Gasteiger partial charge on any atom is 0.0946 e. The van der Waals surface area contributed by atoms with Gasteiger partial charge in [-0.2, -0.15) is 0 Å². The summed E-state index contributed by atoms with van der Waals surface area (Å²) in [4.78, 5) is 6.35. The van der Waals surface area contributed by atoms with Gasteiger partial charge in [0.05, 0.1) is 6.34 Å². The average Bonchev–Trinajstić information content (AvgIpc) is 2.54. The summed E-state index contributed by atoms with van der Waals surface area (Å²) >= 11 is 0. The first-order valence-electron chi connectivity index (χ1n) is 9.34. The summed E-state index contributed by atoms with van der Waals surface area (Å²) in [6, 6.07) is 0.546. The highest BCUT2D eigenvalue weighted by molar-refractivity contribution is 5.57. The van der Waals surface area contributed by atoms with E-state index in [4.69, 9.17) is 0 Å². The zero-order valence-corrected chi connectivity index (χ0v) is 15.1. The molecule has 2 nitrogen and oxygen atoms in total. The molecule has 0 N–H and O–H groups in total. The fraction of sp³-hybridized carbons (Fsp3) is 0.750. The molecule has 0 aromatic rings. The molecule has 0 aliphatic heterocycles. The van der Waals surface area contributed by atoms with Gasteiger partial charge in [0.25, 0.3) is 0 Å². The molecule has 0 heterocycles. The van der Waals surface area contributed by atoms with E-state index in [2.05, 4.69) is 36.9 Å². The van der Waals surface area contributed by atoms with Crippen molar-refractivity contribution in [1.82, 2.24) is 4.90 Å². The molecule has 0 aromatic heterocycles. The fourth-order valence-electron chi connectivity index (χ4n) is 2.82. The van der Waals surface area contributed by atoms with Crippen LogP contribution in [0.15, 0.2) is 30.6 Å². The van der Waals surface area contributed by atoms with Crippen LogP contribution in [0.5, 0.6) is 0 Å². The maximum absolute atomic E-state index is 4.17. The number of aliphatic imine (C=N–C) groups is 1. The Kier molecular flexibility index (Phi) is 15.5. The van der Waals surface area contributed by atoms with Crippen LogP contribution in [0.25, 0.3) is 0 Å². The van der Waals surface area contributed by atoms with Crippen molar-refractivity contribution in [3.05, 3.63) is 25.6 Å². The molecule has 0 atom stereocenters. The lowest BCUT2D eigenvalue weighted by atomic mass is 9.99. The Morgan fingerprint density at radius 1 is 0.818 bits per heavy atom.